The van der Waals surface area contributed by atoms with E-state index in [1.807, 2.05) is 0 Å². The minimum Gasteiger partial charge on any atom is -0.354 e. The van der Waals surface area contributed by atoms with Crippen LogP contribution in [0.4, 0.5) is 11.4 Å². The number of nitro groups is 2. The molecule has 0 aliphatic heterocycles. The molecule has 0 saturated carbocycles. The van der Waals surface area contributed by atoms with Crippen LogP contribution < -0.4 is 10.6 Å². The van der Waals surface area contributed by atoms with Gasteiger partial charge in [-0.1, -0.05) is 24.3 Å². The van der Waals surface area contributed by atoms with Gasteiger partial charge in [-0.2, -0.15) is 0 Å². The van der Waals surface area contributed by atoms with Crippen LogP contribution in [-0.4, -0.2) is 34.2 Å². The molecule has 2 amide bonds. The van der Waals surface area contributed by atoms with Gasteiger partial charge in [0.2, 0.25) is 11.8 Å². The first-order valence-corrected chi connectivity index (χ1v) is 8.77. The first-order valence-electron chi connectivity index (χ1n) is 8.77. The van der Waals surface area contributed by atoms with Crippen LogP contribution in [0.1, 0.15) is 18.1 Å². The molecule has 10 nitrogen and oxygen atoms in total. The number of carbonyl (C=O) groups excluding carboxylic acids is 2. The summed E-state index contributed by atoms with van der Waals surface area (Å²) in [4.78, 5) is 44.3. The van der Waals surface area contributed by atoms with E-state index in [9.17, 15) is 29.8 Å². The summed E-state index contributed by atoms with van der Waals surface area (Å²) in [6.45, 7) is 1.96. The number of nitro benzene ring substituents is 2. The van der Waals surface area contributed by atoms with Crippen molar-refractivity contribution in [1.29, 1.82) is 0 Å². The Bertz CT molecular complexity index is 896. The third-order valence-electron chi connectivity index (χ3n) is 4.04. The van der Waals surface area contributed by atoms with Gasteiger partial charge in [-0.25, -0.2) is 0 Å². The maximum Gasteiger partial charge on any atom is 0.269 e. The third-order valence-corrected chi connectivity index (χ3v) is 4.04. The standard InChI is InChI=1S/C19H20N4O6/c1-13(21-19(25)11-15-4-8-17(9-5-15)23(28)29)12-20-18(24)10-14-2-6-16(7-3-14)22(26)27/h2-9,13H,10-12H2,1H3,(H,20,24)(H,21,25)/t13-/m0/s1. The maximum absolute atomic E-state index is 12.1. The molecule has 0 fully saturated rings. The van der Waals surface area contributed by atoms with Crippen molar-refractivity contribution in [2.45, 2.75) is 25.8 Å². The Morgan fingerprint density at radius 2 is 1.24 bits per heavy atom. The zero-order chi connectivity index (χ0) is 21.4. The summed E-state index contributed by atoms with van der Waals surface area (Å²) in [7, 11) is 0. The number of carbonyl (C=O) groups is 2. The smallest absolute Gasteiger partial charge is 0.269 e. The molecule has 0 saturated heterocycles. The van der Waals surface area contributed by atoms with Gasteiger partial charge in [0.1, 0.15) is 0 Å². The number of rotatable bonds is 9. The van der Waals surface area contributed by atoms with Crippen molar-refractivity contribution in [2.75, 3.05) is 6.54 Å². The SMILES string of the molecule is C[C@@H](CNC(=O)Cc1ccc([N+](=O)[O-])cc1)NC(=O)Cc1ccc([N+](=O)[O-])cc1. The van der Waals surface area contributed by atoms with Crippen LogP contribution in [-0.2, 0) is 22.4 Å². The topological polar surface area (TPSA) is 144 Å². The molecule has 0 spiro atoms. The molecule has 29 heavy (non-hydrogen) atoms. The van der Waals surface area contributed by atoms with E-state index in [4.69, 9.17) is 0 Å². The van der Waals surface area contributed by atoms with E-state index in [-0.39, 0.29) is 48.6 Å². The number of amides is 2. The average molecular weight is 400 g/mol. The minimum absolute atomic E-state index is 0.0430. The first-order chi connectivity index (χ1) is 13.7. The van der Waals surface area contributed by atoms with Crippen molar-refractivity contribution in [2.24, 2.45) is 0 Å². The first kappa shape index (κ1) is 21.5. The van der Waals surface area contributed by atoms with E-state index in [1.54, 1.807) is 6.92 Å². The molecule has 1 atom stereocenters. The summed E-state index contributed by atoms with van der Waals surface area (Å²) >= 11 is 0. The molecule has 0 aromatic heterocycles. The van der Waals surface area contributed by atoms with Crippen LogP contribution in [0.3, 0.4) is 0 Å². The van der Waals surface area contributed by atoms with Crippen LogP contribution in [0.2, 0.25) is 0 Å². The lowest BCUT2D eigenvalue weighted by Gasteiger charge is -2.15. The van der Waals surface area contributed by atoms with Gasteiger partial charge >= 0.3 is 0 Å². The van der Waals surface area contributed by atoms with Crippen molar-refractivity contribution in [3.05, 3.63) is 79.9 Å². The van der Waals surface area contributed by atoms with Crippen LogP contribution >= 0.6 is 0 Å². The van der Waals surface area contributed by atoms with Gasteiger partial charge in [-0.15, -0.1) is 0 Å². The second-order valence-corrected chi connectivity index (χ2v) is 6.47. The zero-order valence-corrected chi connectivity index (χ0v) is 15.7. The molecule has 0 aliphatic rings. The van der Waals surface area contributed by atoms with Crippen LogP contribution in [0.15, 0.2) is 48.5 Å². The van der Waals surface area contributed by atoms with Crippen molar-refractivity contribution in [3.63, 3.8) is 0 Å². The van der Waals surface area contributed by atoms with Gasteiger partial charge in [-0.3, -0.25) is 29.8 Å². The molecule has 2 rings (SSSR count). The highest BCUT2D eigenvalue weighted by Crippen LogP contribution is 2.13. The second-order valence-electron chi connectivity index (χ2n) is 6.47. The van der Waals surface area contributed by atoms with Gasteiger partial charge in [0.05, 0.1) is 22.7 Å². The Kier molecular flexibility index (Phi) is 7.35. The summed E-state index contributed by atoms with van der Waals surface area (Å²) < 4.78 is 0. The largest absolute Gasteiger partial charge is 0.354 e. The van der Waals surface area contributed by atoms with E-state index in [2.05, 4.69) is 10.6 Å². The fourth-order valence-corrected chi connectivity index (χ4v) is 2.55. The highest BCUT2D eigenvalue weighted by molar-refractivity contribution is 5.80. The van der Waals surface area contributed by atoms with Crippen LogP contribution in [0.25, 0.3) is 0 Å². The molecule has 10 heteroatoms. The lowest BCUT2D eigenvalue weighted by molar-refractivity contribution is -0.385. The normalized spacial score (nSPS) is 11.3. The van der Waals surface area contributed by atoms with Crippen LogP contribution in [0.5, 0.6) is 0 Å². The number of non-ortho nitro benzene ring substituents is 2. The lowest BCUT2D eigenvalue weighted by Crippen LogP contribution is -2.42. The number of hydrogen-bond donors (Lipinski definition) is 2. The molecule has 0 aliphatic carbocycles. The molecule has 2 aromatic carbocycles. The fourth-order valence-electron chi connectivity index (χ4n) is 2.55. The number of nitrogens with zero attached hydrogens (tertiary/aromatic N) is 2. The van der Waals surface area contributed by atoms with Gasteiger partial charge in [-0.05, 0) is 18.1 Å². The Balaban J connectivity index is 1.74. The summed E-state index contributed by atoms with van der Waals surface area (Å²) in [6, 6.07) is 11.1. The lowest BCUT2D eigenvalue weighted by atomic mass is 10.1. The summed E-state index contributed by atoms with van der Waals surface area (Å²) in [5.41, 5.74) is 1.20. The molecular weight excluding hydrogens is 380 g/mol. The Morgan fingerprint density at radius 1 is 0.828 bits per heavy atom. The predicted octanol–water partition coefficient (Wildman–Crippen LogP) is 1.91. The fraction of sp³-hybridized carbons (Fsp3) is 0.263. The summed E-state index contributed by atoms with van der Waals surface area (Å²) in [5, 5.41) is 26.7. The van der Waals surface area contributed by atoms with Crippen molar-refractivity contribution < 1.29 is 19.4 Å². The van der Waals surface area contributed by atoms with E-state index in [1.165, 1.54) is 48.5 Å². The number of nitrogens with one attached hydrogen (secondary N) is 2. The van der Waals surface area contributed by atoms with Crippen molar-refractivity contribution in [1.82, 2.24) is 10.6 Å². The Morgan fingerprint density at radius 3 is 1.66 bits per heavy atom. The quantitative estimate of drug-likeness (QED) is 0.486. The monoisotopic (exact) mass is 400 g/mol. The Hall–Kier alpha value is -3.82. The summed E-state index contributed by atoms with van der Waals surface area (Å²) in [5.74, 6) is -0.536. The van der Waals surface area contributed by atoms with Crippen molar-refractivity contribution in [3.8, 4) is 0 Å². The van der Waals surface area contributed by atoms with Gasteiger partial charge in [0.25, 0.3) is 11.4 Å². The summed E-state index contributed by atoms with van der Waals surface area (Å²) in [6.07, 6.45) is 0.139. The maximum atomic E-state index is 12.1. The second kappa shape index (κ2) is 9.93. The van der Waals surface area contributed by atoms with Crippen LogP contribution in [0, 0.1) is 20.2 Å². The highest BCUT2D eigenvalue weighted by Gasteiger charge is 2.12. The minimum atomic E-state index is -0.509. The van der Waals surface area contributed by atoms with E-state index >= 15 is 0 Å². The number of benzene rings is 2. The molecule has 0 unspecified atom stereocenters. The Labute approximate surface area is 166 Å². The van der Waals surface area contributed by atoms with E-state index in [0.29, 0.717) is 11.1 Å². The molecule has 0 bridgehead atoms. The van der Waals surface area contributed by atoms with Gasteiger partial charge < -0.3 is 10.6 Å². The molecule has 0 radical (unpaired) electrons. The van der Waals surface area contributed by atoms with Gasteiger partial charge in [0.15, 0.2) is 0 Å². The van der Waals surface area contributed by atoms with Gasteiger partial charge in [0, 0.05) is 36.9 Å². The molecule has 0 heterocycles. The predicted molar refractivity (Wildman–Crippen MR) is 104 cm³/mol. The third kappa shape index (κ3) is 7.01. The molecule has 2 N–H and O–H groups in total. The highest BCUT2D eigenvalue weighted by atomic mass is 16.6. The average Bonchev–Trinajstić information content (AvgIpc) is 2.67. The van der Waals surface area contributed by atoms with E-state index in [0.717, 1.165) is 0 Å². The zero-order valence-electron chi connectivity index (χ0n) is 15.7. The molecular formula is C19H20N4O6. The molecule has 2 aromatic rings. The van der Waals surface area contributed by atoms with Crippen molar-refractivity contribution >= 4 is 23.2 Å². The van der Waals surface area contributed by atoms with E-state index < -0.39 is 9.85 Å². The number of hydrogen-bond acceptors (Lipinski definition) is 6. The molecule has 152 valence electrons.